The summed E-state index contributed by atoms with van der Waals surface area (Å²) >= 11 is 0. The number of benzene rings is 2. The highest BCUT2D eigenvalue weighted by molar-refractivity contribution is 6.04. The average molecular weight is 333 g/mol. The van der Waals surface area contributed by atoms with Gasteiger partial charge in [0.2, 0.25) is 0 Å². The first-order chi connectivity index (χ1) is 12.1. The van der Waals surface area contributed by atoms with E-state index in [1.165, 1.54) is 6.92 Å². The van der Waals surface area contributed by atoms with Gasteiger partial charge in [-0.15, -0.1) is 0 Å². The second-order valence-corrected chi connectivity index (χ2v) is 5.68. The highest BCUT2D eigenvalue weighted by Gasteiger charge is 2.19. The molecule has 0 aliphatic rings. The van der Waals surface area contributed by atoms with Crippen molar-refractivity contribution < 1.29 is 14.0 Å². The average Bonchev–Trinajstić information content (AvgIpc) is 3.13. The maximum absolute atomic E-state index is 12.8. The summed E-state index contributed by atoms with van der Waals surface area (Å²) < 4.78 is 5.76. The number of ketones is 1. The Labute approximate surface area is 146 Å². The second-order valence-electron chi connectivity index (χ2n) is 5.68. The number of carbonyl (C=O) groups is 2. The van der Waals surface area contributed by atoms with Crippen LogP contribution < -0.4 is 4.90 Å². The molecule has 4 heteroatoms. The molecule has 0 unspecified atom stereocenters. The Balaban J connectivity index is 1.85. The standard InChI is InChI=1S/C21H19NO3/c1-3-22(18-7-5-4-6-8-18)21(24)20-14-13-19(25-20)17-11-9-16(10-12-17)15(2)23/h4-14H,3H2,1-2H3. The number of para-hydroxylation sites is 1. The molecule has 0 spiro atoms. The van der Waals surface area contributed by atoms with Crippen LogP contribution in [0, 0.1) is 0 Å². The minimum Gasteiger partial charge on any atom is -0.451 e. The summed E-state index contributed by atoms with van der Waals surface area (Å²) in [6, 6.07) is 20.1. The van der Waals surface area contributed by atoms with Gasteiger partial charge in [-0.3, -0.25) is 9.59 Å². The van der Waals surface area contributed by atoms with Crippen molar-refractivity contribution in [1.29, 1.82) is 0 Å². The molecule has 4 nitrogen and oxygen atoms in total. The predicted molar refractivity (Wildman–Crippen MR) is 97.9 cm³/mol. The summed E-state index contributed by atoms with van der Waals surface area (Å²) in [5.41, 5.74) is 2.30. The van der Waals surface area contributed by atoms with E-state index in [0.29, 0.717) is 17.9 Å². The van der Waals surface area contributed by atoms with Crippen LogP contribution in [-0.4, -0.2) is 18.2 Å². The van der Waals surface area contributed by atoms with Gasteiger partial charge in [-0.1, -0.05) is 42.5 Å². The van der Waals surface area contributed by atoms with Gasteiger partial charge in [0.1, 0.15) is 5.76 Å². The minimum absolute atomic E-state index is 0.0170. The van der Waals surface area contributed by atoms with Crippen molar-refractivity contribution >= 4 is 17.4 Å². The molecule has 25 heavy (non-hydrogen) atoms. The smallest absolute Gasteiger partial charge is 0.293 e. The Morgan fingerprint density at radius 2 is 1.60 bits per heavy atom. The van der Waals surface area contributed by atoms with Crippen molar-refractivity contribution in [2.45, 2.75) is 13.8 Å². The second kappa shape index (κ2) is 7.18. The van der Waals surface area contributed by atoms with Gasteiger partial charge in [-0.05, 0) is 38.1 Å². The van der Waals surface area contributed by atoms with Gasteiger partial charge in [-0.25, -0.2) is 0 Å². The van der Waals surface area contributed by atoms with E-state index in [4.69, 9.17) is 4.42 Å². The molecule has 3 aromatic rings. The molecular formula is C21H19NO3. The largest absolute Gasteiger partial charge is 0.451 e. The number of hydrogen-bond donors (Lipinski definition) is 0. The molecule has 0 fully saturated rings. The minimum atomic E-state index is -0.180. The zero-order valence-corrected chi connectivity index (χ0v) is 14.2. The third-order valence-corrected chi connectivity index (χ3v) is 4.02. The van der Waals surface area contributed by atoms with Gasteiger partial charge in [0.15, 0.2) is 11.5 Å². The maximum Gasteiger partial charge on any atom is 0.293 e. The number of furan rings is 1. The summed E-state index contributed by atoms with van der Waals surface area (Å²) in [7, 11) is 0. The van der Waals surface area contributed by atoms with Crippen LogP contribution in [0.1, 0.15) is 34.8 Å². The fraction of sp³-hybridized carbons (Fsp3) is 0.143. The van der Waals surface area contributed by atoms with Gasteiger partial charge in [0, 0.05) is 23.4 Å². The van der Waals surface area contributed by atoms with E-state index in [9.17, 15) is 9.59 Å². The van der Waals surface area contributed by atoms with Crippen molar-refractivity contribution in [3.63, 3.8) is 0 Å². The first kappa shape index (κ1) is 16.7. The fourth-order valence-corrected chi connectivity index (χ4v) is 2.66. The number of nitrogens with zero attached hydrogens (tertiary/aromatic N) is 1. The number of anilines is 1. The molecule has 0 saturated carbocycles. The molecule has 0 aliphatic heterocycles. The van der Waals surface area contributed by atoms with Gasteiger partial charge >= 0.3 is 0 Å². The van der Waals surface area contributed by atoms with Crippen LogP contribution >= 0.6 is 0 Å². The number of hydrogen-bond acceptors (Lipinski definition) is 3. The van der Waals surface area contributed by atoms with Gasteiger partial charge in [0.05, 0.1) is 0 Å². The summed E-state index contributed by atoms with van der Waals surface area (Å²) in [6.45, 7) is 4.00. The lowest BCUT2D eigenvalue weighted by Gasteiger charge is -2.19. The van der Waals surface area contributed by atoms with Gasteiger partial charge in [-0.2, -0.15) is 0 Å². The van der Waals surface area contributed by atoms with Crippen molar-refractivity contribution in [3.8, 4) is 11.3 Å². The van der Waals surface area contributed by atoms with Crippen LogP contribution in [0.15, 0.2) is 71.1 Å². The van der Waals surface area contributed by atoms with Crippen molar-refractivity contribution in [2.75, 3.05) is 11.4 Å². The summed E-state index contributed by atoms with van der Waals surface area (Å²) in [6.07, 6.45) is 0. The molecule has 1 amide bonds. The Kier molecular flexibility index (Phi) is 4.80. The number of amides is 1. The Bertz CT molecular complexity index is 879. The lowest BCUT2D eigenvalue weighted by molar-refractivity contribution is 0.0961. The molecule has 0 bridgehead atoms. The Hall–Kier alpha value is -3.14. The number of carbonyl (C=O) groups excluding carboxylic acids is 2. The van der Waals surface area contributed by atoms with Crippen LogP contribution in [0.4, 0.5) is 5.69 Å². The molecule has 1 heterocycles. The Morgan fingerprint density at radius 1 is 0.920 bits per heavy atom. The zero-order valence-electron chi connectivity index (χ0n) is 14.2. The lowest BCUT2D eigenvalue weighted by Crippen LogP contribution is -2.30. The van der Waals surface area contributed by atoms with Crippen molar-refractivity contribution in [2.24, 2.45) is 0 Å². The van der Waals surface area contributed by atoms with E-state index < -0.39 is 0 Å². The van der Waals surface area contributed by atoms with Crippen LogP contribution in [0.5, 0.6) is 0 Å². The van der Waals surface area contributed by atoms with E-state index in [1.807, 2.05) is 49.4 Å². The molecule has 1 aromatic heterocycles. The zero-order chi connectivity index (χ0) is 17.8. The SMILES string of the molecule is CCN(C(=O)c1ccc(-c2ccc(C(C)=O)cc2)o1)c1ccccc1. The van der Waals surface area contributed by atoms with E-state index in [2.05, 4.69) is 0 Å². The first-order valence-electron chi connectivity index (χ1n) is 8.18. The molecule has 0 radical (unpaired) electrons. The third kappa shape index (κ3) is 3.53. The van der Waals surface area contributed by atoms with Crippen LogP contribution in [0.25, 0.3) is 11.3 Å². The molecular weight excluding hydrogens is 314 g/mol. The molecule has 2 aromatic carbocycles. The van der Waals surface area contributed by atoms with E-state index in [1.54, 1.807) is 29.2 Å². The first-order valence-corrected chi connectivity index (χ1v) is 8.18. The monoisotopic (exact) mass is 333 g/mol. The molecule has 0 N–H and O–H groups in total. The van der Waals surface area contributed by atoms with Gasteiger partial charge in [0.25, 0.3) is 5.91 Å². The highest BCUT2D eigenvalue weighted by atomic mass is 16.4. The summed E-state index contributed by atoms with van der Waals surface area (Å²) in [5.74, 6) is 0.725. The molecule has 126 valence electrons. The lowest BCUT2D eigenvalue weighted by atomic mass is 10.1. The van der Waals surface area contributed by atoms with Crippen LogP contribution in [0.3, 0.4) is 0 Å². The summed E-state index contributed by atoms with van der Waals surface area (Å²) in [5, 5.41) is 0. The third-order valence-electron chi connectivity index (χ3n) is 4.02. The van der Waals surface area contributed by atoms with E-state index in [-0.39, 0.29) is 17.5 Å². The van der Waals surface area contributed by atoms with Crippen molar-refractivity contribution in [1.82, 2.24) is 0 Å². The van der Waals surface area contributed by atoms with Gasteiger partial charge < -0.3 is 9.32 Å². The van der Waals surface area contributed by atoms with E-state index >= 15 is 0 Å². The normalized spacial score (nSPS) is 10.5. The van der Waals surface area contributed by atoms with Crippen LogP contribution in [0.2, 0.25) is 0 Å². The van der Waals surface area contributed by atoms with Crippen LogP contribution in [-0.2, 0) is 0 Å². The topological polar surface area (TPSA) is 50.5 Å². The number of rotatable bonds is 5. The van der Waals surface area contributed by atoms with Crippen molar-refractivity contribution in [3.05, 3.63) is 78.1 Å². The number of Topliss-reactive ketones (excluding diaryl/α,β-unsaturated/α-hetero) is 1. The fourth-order valence-electron chi connectivity index (χ4n) is 2.66. The highest BCUT2D eigenvalue weighted by Crippen LogP contribution is 2.25. The molecule has 0 saturated heterocycles. The van der Waals surface area contributed by atoms with E-state index in [0.717, 1.165) is 11.3 Å². The summed E-state index contributed by atoms with van der Waals surface area (Å²) in [4.78, 5) is 25.8. The predicted octanol–water partition coefficient (Wildman–Crippen LogP) is 4.82. The Morgan fingerprint density at radius 3 is 2.20 bits per heavy atom. The maximum atomic E-state index is 12.8. The molecule has 0 atom stereocenters. The quantitative estimate of drug-likeness (QED) is 0.629. The molecule has 3 rings (SSSR count). The molecule has 0 aliphatic carbocycles.